The Morgan fingerprint density at radius 3 is 2.41 bits per heavy atom. The van der Waals surface area contributed by atoms with Crippen LogP contribution in [-0.4, -0.2) is 41.3 Å². The van der Waals surface area contributed by atoms with Gasteiger partial charge in [-0.2, -0.15) is 0 Å². The SMILES string of the molecule is C=C(NC(=O)c1csc(-c2ccc(CCCCC(=S)CCCCCN=[N+]=[N-])cc2)n1)C(=O)NC(=C)C(=O)OC. The van der Waals surface area contributed by atoms with Gasteiger partial charge in [0.25, 0.3) is 11.8 Å². The monoisotopic (exact) mass is 568 g/mol. The van der Waals surface area contributed by atoms with E-state index in [1.807, 2.05) is 12.1 Å². The van der Waals surface area contributed by atoms with E-state index >= 15 is 0 Å². The van der Waals surface area contributed by atoms with Crippen LogP contribution in [0.15, 0.2) is 59.3 Å². The first-order valence-corrected chi connectivity index (χ1v) is 13.7. The van der Waals surface area contributed by atoms with Crippen molar-refractivity contribution in [1.29, 1.82) is 0 Å². The third kappa shape index (κ3) is 11.2. The summed E-state index contributed by atoms with van der Waals surface area (Å²) in [4.78, 5) is 44.2. The lowest BCUT2D eigenvalue weighted by Crippen LogP contribution is -2.35. The predicted molar refractivity (Wildman–Crippen MR) is 156 cm³/mol. The number of thiocarbonyl (C=S) groups is 1. The number of thiazole rings is 1. The quantitative estimate of drug-likeness (QED) is 0.0468. The van der Waals surface area contributed by atoms with Crippen molar-refractivity contribution in [2.75, 3.05) is 13.7 Å². The van der Waals surface area contributed by atoms with Gasteiger partial charge in [0.05, 0.1) is 12.8 Å². The Labute approximate surface area is 237 Å². The minimum absolute atomic E-state index is 0.145. The number of azide groups is 1. The zero-order valence-corrected chi connectivity index (χ0v) is 23.5. The molecular formula is C27H32N6O4S2. The highest BCUT2D eigenvalue weighted by molar-refractivity contribution is 7.80. The van der Waals surface area contributed by atoms with Crippen molar-refractivity contribution in [3.8, 4) is 10.6 Å². The fourth-order valence-corrected chi connectivity index (χ4v) is 4.57. The van der Waals surface area contributed by atoms with Gasteiger partial charge in [0.1, 0.15) is 16.4 Å². The summed E-state index contributed by atoms with van der Waals surface area (Å²) in [6.45, 7) is 7.46. The fraction of sp³-hybridized carbons (Fsp3) is 0.370. The number of esters is 1. The number of benzene rings is 1. The summed E-state index contributed by atoms with van der Waals surface area (Å²) in [6.07, 6.45) is 7.91. The van der Waals surface area contributed by atoms with E-state index in [2.05, 4.69) is 55.7 Å². The topological polar surface area (TPSA) is 146 Å². The van der Waals surface area contributed by atoms with Crippen LogP contribution in [0.5, 0.6) is 0 Å². The van der Waals surface area contributed by atoms with Crippen LogP contribution in [0.2, 0.25) is 0 Å². The van der Waals surface area contributed by atoms with Crippen LogP contribution in [0.25, 0.3) is 21.0 Å². The molecule has 2 aromatic rings. The molecule has 0 aliphatic carbocycles. The van der Waals surface area contributed by atoms with Crippen LogP contribution in [0.3, 0.4) is 0 Å². The van der Waals surface area contributed by atoms with E-state index in [1.165, 1.54) is 16.9 Å². The van der Waals surface area contributed by atoms with Gasteiger partial charge in [0.2, 0.25) is 0 Å². The van der Waals surface area contributed by atoms with E-state index in [0.717, 1.165) is 68.9 Å². The molecule has 0 bridgehead atoms. The van der Waals surface area contributed by atoms with E-state index in [1.54, 1.807) is 5.38 Å². The minimum Gasteiger partial charge on any atom is -0.464 e. The lowest BCUT2D eigenvalue weighted by Gasteiger charge is -2.09. The van der Waals surface area contributed by atoms with Gasteiger partial charge in [-0.3, -0.25) is 9.59 Å². The molecule has 0 radical (unpaired) electrons. The van der Waals surface area contributed by atoms with Crippen molar-refractivity contribution in [2.24, 2.45) is 5.11 Å². The number of hydrogen-bond acceptors (Lipinski definition) is 8. The summed E-state index contributed by atoms with van der Waals surface area (Å²) in [5.74, 6) is -2.18. The number of unbranched alkanes of at least 4 members (excludes halogenated alkanes) is 3. The Hall–Kier alpha value is -3.86. The minimum atomic E-state index is -0.801. The normalized spacial score (nSPS) is 10.2. The van der Waals surface area contributed by atoms with Crippen molar-refractivity contribution in [3.63, 3.8) is 0 Å². The number of aromatic nitrogens is 1. The van der Waals surface area contributed by atoms with E-state index in [0.29, 0.717) is 11.6 Å². The van der Waals surface area contributed by atoms with Crippen LogP contribution >= 0.6 is 23.6 Å². The first-order valence-electron chi connectivity index (χ1n) is 12.4. The molecule has 1 heterocycles. The number of rotatable bonds is 17. The molecule has 39 heavy (non-hydrogen) atoms. The molecule has 0 spiro atoms. The van der Waals surface area contributed by atoms with Gasteiger partial charge in [0, 0.05) is 22.4 Å². The molecule has 0 fully saturated rings. The molecule has 0 unspecified atom stereocenters. The second-order valence-corrected chi connectivity index (χ2v) is 10.0. The van der Waals surface area contributed by atoms with Gasteiger partial charge >= 0.3 is 5.97 Å². The van der Waals surface area contributed by atoms with Gasteiger partial charge in [-0.1, -0.05) is 61.2 Å². The Bertz CT molecular complexity index is 1250. The lowest BCUT2D eigenvalue weighted by atomic mass is 10.0. The molecule has 2 rings (SSSR count). The molecule has 0 saturated carbocycles. The van der Waals surface area contributed by atoms with Crippen molar-refractivity contribution < 1.29 is 19.1 Å². The standard InChI is InChI=1S/C27H32N6O4S2/c1-18(24(34)31-19(2)27(36)37-3)30-25(35)23-17-39-26(32-23)21-14-12-20(13-15-21)9-6-7-11-22(38)10-5-4-8-16-29-33-28/h12-15,17H,1-2,4-11,16H2,3H3,(H,30,35)(H,31,34). The second kappa shape index (κ2) is 16.9. The first-order chi connectivity index (χ1) is 18.7. The Morgan fingerprint density at radius 1 is 1.05 bits per heavy atom. The summed E-state index contributed by atoms with van der Waals surface area (Å²) in [5, 5.41) is 10.4. The molecule has 1 aromatic carbocycles. The molecule has 0 saturated heterocycles. The van der Waals surface area contributed by atoms with E-state index in [9.17, 15) is 14.4 Å². The summed E-state index contributed by atoms with van der Waals surface area (Å²) >= 11 is 6.79. The van der Waals surface area contributed by atoms with Gasteiger partial charge in [-0.25, -0.2) is 9.78 Å². The zero-order chi connectivity index (χ0) is 28.6. The number of carbonyl (C=O) groups excluding carboxylic acids is 3. The number of ether oxygens (including phenoxy) is 1. The van der Waals surface area contributed by atoms with E-state index in [4.69, 9.17) is 17.7 Å². The highest BCUT2D eigenvalue weighted by Gasteiger charge is 2.18. The summed E-state index contributed by atoms with van der Waals surface area (Å²) < 4.78 is 4.46. The molecule has 206 valence electrons. The first kappa shape index (κ1) is 31.4. The van der Waals surface area contributed by atoms with Crippen molar-refractivity contribution in [2.45, 2.75) is 51.4 Å². The molecular weight excluding hydrogens is 536 g/mol. The zero-order valence-electron chi connectivity index (χ0n) is 21.9. The summed E-state index contributed by atoms with van der Waals surface area (Å²) in [7, 11) is 1.16. The highest BCUT2D eigenvalue weighted by Crippen LogP contribution is 2.24. The predicted octanol–water partition coefficient (Wildman–Crippen LogP) is 5.81. The van der Waals surface area contributed by atoms with Crippen molar-refractivity contribution in [1.82, 2.24) is 15.6 Å². The molecule has 0 aliphatic rings. The van der Waals surface area contributed by atoms with Gasteiger partial charge in [0.15, 0.2) is 0 Å². The summed E-state index contributed by atoms with van der Waals surface area (Å²) in [5.41, 5.74) is 9.99. The van der Waals surface area contributed by atoms with Crippen molar-refractivity contribution in [3.05, 3.63) is 75.9 Å². The maximum atomic E-state index is 12.5. The maximum absolute atomic E-state index is 12.5. The van der Waals surface area contributed by atoms with Crippen LogP contribution in [-0.2, 0) is 20.7 Å². The van der Waals surface area contributed by atoms with E-state index < -0.39 is 17.8 Å². The smallest absolute Gasteiger partial charge is 0.353 e. The van der Waals surface area contributed by atoms with Gasteiger partial charge in [-0.15, -0.1) is 11.3 Å². The second-order valence-electron chi connectivity index (χ2n) is 8.60. The average Bonchev–Trinajstić information content (AvgIpc) is 3.43. The van der Waals surface area contributed by atoms with Crippen LogP contribution in [0.1, 0.15) is 61.0 Å². The number of hydrogen-bond donors (Lipinski definition) is 2. The molecule has 0 aliphatic heterocycles. The van der Waals surface area contributed by atoms with E-state index in [-0.39, 0.29) is 17.1 Å². The Balaban J connectivity index is 1.76. The molecule has 10 nitrogen and oxygen atoms in total. The van der Waals surface area contributed by atoms with Gasteiger partial charge in [-0.05, 0) is 60.9 Å². The number of amides is 2. The average molecular weight is 569 g/mol. The largest absolute Gasteiger partial charge is 0.464 e. The van der Waals surface area contributed by atoms with Crippen molar-refractivity contribution >= 4 is 46.2 Å². The number of methoxy groups -OCH3 is 1. The number of nitrogens with zero attached hydrogens (tertiary/aromatic N) is 4. The fourth-order valence-electron chi connectivity index (χ4n) is 3.47. The van der Waals surface area contributed by atoms with Crippen LogP contribution in [0.4, 0.5) is 0 Å². The number of nitrogens with one attached hydrogen (secondary N) is 2. The molecule has 0 atom stereocenters. The number of aryl methyl sites for hydroxylation is 1. The Kier molecular flexibility index (Phi) is 13.6. The third-order valence-electron chi connectivity index (χ3n) is 5.62. The van der Waals surface area contributed by atoms with Crippen LogP contribution in [0, 0.1) is 0 Å². The Morgan fingerprint density at radius 2 is 1.74 bits per heavy atom. The molecule has 2 amide bonds. The molecule has 2 N–H and O–H groups in total. The van der Waals surface area contributed by atoms with Gasteiger partial charge < -0.3 is 15.4 Å². The molecule has 1 aromatic heterocycles. The number of carbonyl (C=O) groups is 3. The lowest BCUT2D eigenvalue weighted by molar-refractivity contribution is -0.137. The summed E-state index contributed by atoms with van der Waals surface area (Å²) in [6, 6.07) is 8.06. The van der Waals surface area contributed by atoms with Crippen LogP contribution < -0.4 is 10.6 Å². The highest BCUT2D eigenvalue weighted by atomic mass is 32.1. The maximum Gasteiger partial charge on any atom is 0.353 e. The third-order valence-corrected chi connectivity index (χ3v) is 6.92. The molecule has 12 heteroatoms.